The molecule has 2 saturated heterocycles. The summed E-state index contributed by atoms with van der Waals surface area (Å²) < 4.78 is 11.5. The SMILES string of the molecule is CCOc1cccc2c1OCC(C(=O)N1CCC(N3CCNCC3)C1)=C2.Cl. The second-order valence-electron chi connectivity index (χ2n) is 7.05. The van der Waals surface area contributed by atoms with Crippen molar-refractivity contribution in [2.45, 2.75) is 19.4 Å². The number of carbonyl (C=O) groups is 1. The van der Waals surface area contributed by atoms with Crippen molar-refractivity contribution < 1.29 is 14.3 Å². The van der Waals surface area contributed by atoms with E-state index >= 15 is 0 Å². The Balaban J connectivity index is 0.00000210. The molecule has 1 unspecified atom stereocenters. The van der Waals surface area contributed by atoms with Crippen LogP contribution in [0.25, 0.3) is 6.08 Å². The first-order valence-corrected chi connectivity index (χ1v) is 9.59. The maximum absolute atomic E-state index is 13.0. The number of halogens is 1. The Hall–Kier alpha value is -1.76. The van der Waals surface area contributed by atoms with Gasteiger partial charge in [-0.3, -0.25) is 9.69 Å². The van der Waals surface area contributed by atoms with Crippen LogP contribution in [-0.2, 0) is 4.79 Å². The molecule has 0 radical (unpaired) electrons. The molecule has 0 saturated carbocycles. The first kappa shape index (κ1) is 20.0. The third kappa shape index (κ3) is 4.23. The largest absolute Gasteiger partial charge is 0.490 e. The lowest BCUT2D eigenvalue weighted by atomic mass is 10.1. The van der Waals surface area contributed by atoms with Gasteiger partial charge in [-0.2, -0.15) is 0 Å². The van der Waals surface area contributed by atoms with Crippen LogP contribution < -0.4 is 14.8 Å². The summed E-state index contributed by atoms with van der Waals surface area (Å²) in [6, 6.07) is 6.30. The smallest absolute Gasteiger partial charge is 0.253 e. The van der Waals surface area contributed by atoms with Crippen LogP contribution in [0.1, 0.15) is 18.9 Å². The number of carbonyl (C=O) groups excluding carboxylic acids is 1. The molecule has 4 rings (SSSR count). The molecule has 27 heavy (non-hydrogen) atoms. The number of benzene rings is 1. The van der Waals surface area contributed by atoms with Gasteiger partial charge in [0.25, 0.3) is 5.91 Å². The van der Waals surface area contributed by atoms with E-state index in [0.29, 0.717) is 19.3 Å². The second-order valence-corrected chi connectivity index (χ2v) is 7.05. The van der Waals surface area contributed by atoms with Crippen LogP contribution >= 0.6 is 12.4 Å². The van der Waals surface area contributed by atoms with Crippen molar-refractivity contribution >= 4 is 24.4 Å². The minimum absolute atomic E-state index is 0. The van der Waals surface area contributed by atoms with Gasteiger partial charge < -0.3 is 19.7 Å². The van der Waals surface area contributed by atoms with Gasteiger partial charge in [0.05, 0.1) is 12.2 Å². The van der Waals surface area contributed by atoms with E-state index in [2.05, 4.69) is 10.2 Å². The highest BCUT2D eigenvalue weighted by Gasteiger charge is 2.33. The van der Waals surface area contributed by atoms with Gasteiger partial charge in [0.2, 0.25) is 0 Å². The van der Waals surface area contributed by atoms with Gasteiger partial charge >= 0.3 is 0 Å². The molecule has 6 nitrogen and oxygen atoms in total. The molecule has 3 aliphatic heterocycles. The van der Waals surface area contributed by atoms with Crippen LogP contribution in [0.5, 0.6) is 11.5 Å². The summed E-state index contributed by atoms with van der Waals surface area (Å²) in [5.74, 6) is 1.59. The van der Waals surface area contributed by atoms with E-state index in [1.807, 2.05) is 36.1 Å². The topological polar surface area (TPSA) is 54.0 Å². The molecule has 0 aliphatic carbocycles. The Bertz CT molecular complexity index is 704. The predicted molar refractivity (Wildman–Crippen MR) is 108 cm³/mol. The first-order chi connectivity index (χ1) is 12.8. The van der Waals surface area contributed by atoms with Crippen molar-refractivity contribution in [1.29, 1.82) is 0 Å². The molecule has 7 heteroatoms. The number of ether oxygens (including phenoxy) is 2. The Morgan fingerprint density at radius 2 is 2.11 bits per heavy atom. The van der Waals surface area contributed by atoms with Gasteiger partial charge in [0.15, 0.2) is 11.5 Å². The zero-order valence-corrected chi connectivity index (χ0v) is 16.6. The summed E-state index contributed by atoms with van der Waals surface area (Å²) in [4.78, 5) is 17.5. The van der Waals surface area contributed by atoms with E-state index < -0.39 is 0 Å². The molecule has 1 N–H and O–H groups in total. The average molecular weight is 394 g/mol. The lowest BCUT2D eigenvalue weighted by molar-refractivity contribution is -0.126. The first-order valence-electron chi connectivity index (χ1n) is 9.59. The molecule has 148 valence electrons. The minimum Gasteiger partial charge on any atom is -0.490 e. The fourth-order valence-electron chi connectivity index (χ4n) is 4.05. The van der Waals surface area contributed by atoms with Crippen LogP contribution in [-0.4, -0.2) is 74.2 Å². The molecule has 0 spiro atoms. The summed E-state index contributed by atoms with van der Waals surface area (Å²) in [6.45, 7) is 8.75. The third-order valence-electron chi connectivity index (χ3n) is 5.40. The number of rotatable bonds is 4. The molecule has 0 bridgehead atoms. The van der Waals surface area contributed by atoms with Gasteiger partial charge in [0, 0.05) is 50.9 Å². The second kappa shape index (κ2) is 8.95. The fourth-order valence-corrected chi connectivity index (χ4v) is 4.05. The molecule has 1 atom stereocenters. The summed E-state index contributed by atoms with van der Waals surface area (Å²) >= 11 is 0. The maximum Gasteiger partial charge on any atom is 0.253 e. The van der Waals surface area contributed by atoms with Gasteiger partial charge in [-0.05, 0) is 25.5 Å². The molecule has 3 aliphatic rings. The lowest BCUT2D eigenvalue weighted by Gasteiger charge is -2.32. The van der Waals surface area contributed by atoms with Gasteiger partial charge in [-0.15, -0.1) is 12.4 Å². The van der Waals surface area contributed by atoms with Crippen LogP contribution in [0.4, 0.5) is 0 Å². The highest BCUT2D eigenvalue weighted by Crippen LogP contribution is 2.36. The number of amides is 1. The number of likely N-dealkylation sites (tertiary alicyclic amines) is 1. The predicted octanol–water partition coefficient (Wildman–Crippen LogP) is 1.79. The number of hydrogen-bond acceptors (Lipinski definition) is 5. The highest BCUT2D eigenvalue weighted by atomic mass is 35.5. The van der Waals surface area contributed by atoms with E-state index in [-0.39, 0.29) is 18.3 Å². The Morgan fingerprint density at radius 3 is 2.89 bits per heavy atom. The normalized spacial score (nSPS) is 22.3. The van der Waals surface area contributed by atoms with Crippen molar-refractivity contribution in [3.63, 3.8) is 0 Å². The van der Waals surface area contributed by atoms with Crippen LogP contribution in [0, 0.1) is 0 Å². The van der Waals surface area contributed by atoms with Crippen molar-refractivity contribution in [3.05, 3.63) is 29.3 Å². The number of fused-ring (bicyclic) bond motifs is 1. The van der Waals surface area contributed by atoms with E-state index in [0.717, 1.165) is 68.3 Å². The Morgan fingerprint density at radius 1 is 1.30 bits per heavy atom. The van der Waals surface area contributed by atoms with Crippen LogP contribution in [0.3, 0.4) is 0 Å². The molecule has 1 aromatic carbocycles. The minimum atomic E-state index is 0. The van der Waals surface area contributed by atoms with Crippen molar-refractivity contribution in [2.24, 2.45) is 0 Å². The standard InChI is InChI=1S/C20H27N3O3.ClH/c1-2-25-18-5-3-4-15-12-16(14-26-19(15)18)20(24)23-9-6-17(13-23)22-10-7-21-8-11-22;/h3-5,12,17,21H,2,6-11,13-14H2,1H3;1H. The summed E-state index contributed by atoms with van der Waals surface area (Å²) in [5, 5.41) is 3.39. The lowest BCUT2D eigenvalue weighted by Crippen LogP contribution is -2.49. The van der Waals surface area contributed by atoms with Crippen LogP contribution in [0.2, 0.25) is 0 Å². The van der Waals surface area contributed by atoms with E-state index in [4.69, 9.17) is 9.47 Å². The van der Waals surface area contributed by atoms with Gasteiger partial charge in [0.1, 0.15) is 6.61 Å². The molecule has 3 heterocycles. The number of hydrogen-bond donors (Lipinski definition) is 1. The third-order valence-corrected chi connectivity index (χ3v) is 5.40. The maximum atomic E-state index is 13.0. The van der Waals surface area contributed by atoms with E-state index in [1.165, 1.54) is 0 Å². The fraction of sp³-hybridized carbons (Fsp3) is 0.550. The van der Waals surface area contributed by atoms with Crippen molar-refractivity contribution in [3.8, 4) is 11.5 Å². The molecule has 0 aromatic heterocycles. The number of para-hydroxylation sites is 1. The molecular weight excluding hydrogens is 366 g/mol. The zero-order chi connectivity index (χ0) is 17.9. The summed E-state index contributed by atoms with van der Waals surface area (Å²) in [7, 11) is 0. The zero-order valence-electron chi connectivity index (χ0n) is 15.8. The molecule has 1 amide bonds. The monoisotopic (exact) mass is 393 g/mol. The highest BCUT2D eigenvalue weighted by molar-refractivity contribution is 5.99. The average Bonchev–Trinajstić information content (AvgIpc) is 3.18. The Kier molecular flexibility index (Phi) is 6.63. The molecule has 2 fully saturated rings. The number of nitrogens with one attached hydrogen (secondary N) is 1. The van der Waals surface area contributed by atoms with Crippen molar-refractivity contribution in [2.75, 3.05) is 52.5 Å². The van der Waals surface area contributed by atoms with Crippen LogP contribution in [0.15, 0.2) is 23.8 Å². The van der Waals surface area contributed by atoms with E-state index in [9.17, 15) is 4.79 Å². The van der Waals surface area contributed by atoms with Crippen molar-refractivity contribution in [1.82, 2.24) is 15.1 Å². The van der Waals surface area contributed by atoms with Gasteiger partial charge in [-0.1, -0.05) is 12.1 Å². The summed E-state index contributed by atoms with van der Waals surface area (Å²) in [5.41, 5.74) is 1.65. The molecule has 1 aromatic rings. The quantitative estimate of drug-likeness (QED) is 0.845. The molecular formula is C20H28ClN3O3. The van der Waals surface area contributed by atoms with Gasteiger partial charge in [-0.25, -0.2) is 0 Å². The van der Waals surface area contributed by atoms with E-state index in [1.54, 1.807) is 0 Å². The Labute approximate surface area is 166 Å². The number of nitrogens with zero attached hydrogens (tertiary/aromatic N) is 2. The number of piperazine rings is 1. The summed E-state index contributed by atoms with van der Waals surface area (Å²) in [6.07, 6.45) is 3.02.